The summed E-state index contributed by atoms with van der Waals surface area (Å²) in [5.41, 5.74) is 12.2. The SMILES string of the molecule is N#Cc1cccc(-c2cc(-c3cc(C#N)c(-c4ccc(-n5c6ccccc6c6cc(-n7c8ccccc8c8ccccc87)ccc65)cc4)cc3C#N)nc(-c3cccc(C#N)c3)n2)c1. The van der Waals surface area contributed by atoms with Crippen molar-refractivity contribution in [3.63, 3.8) is 0 Å². The van der Waals surface area contributed by atoms with Gasteiger partial charge in [0.25, 0.3) is 0 Å². The van der Waals surface area contributed by atoms with Crippen LogP contribution in [0.25, 0.3) is 100 Å². The number of nitrogens with zero attached hydrogens (tertiary/aromatic N) is 8. The molecule has 3 heterocycles. The Balaban J connectivity index is 1.01. The first-order valence-electron chi connectivity index (χ1n) is 20.5. The number of fused-ring (bicyclic) bond motifs is 6. The minimum atomic E-state index is 0.326. The van der Waals surface area contributed by atoms with Gasteiger partial charge in [-0.25, -0.2) is 9.97 Å². The normalized spacial score (nSPS) is 11.1. The van der Waals surface area contributed by atoms with Gasteiger partial charge in [0.2, 0.25) is 0 Å². The molecule has 3 aromatic heterocycles. The van der Waals surface area contributed by atoms with Gasteiger partial charge in [-0.15, -0.1) is 0 Å². The first-order valence-corrected chi connectivity index (χ1v) is 20.5. The van der Waals surface area contributed by atoms with E-state index in [1.807, 2.05) is 24.3 Å². The van der Waals surface area contributed by atoms with Crippen LogP contribution in [0.2, 0.25) is 0 Å². The molecule has 0 fully saturated rings. The fourth-order valence-corrected chi connectivity index (χ4v) is 8.94. The highest BCUT2D eigenvalue weighted by Crippen LogP contribution is 2.39. The number of hydrogen-bond acceptors (Lipinski definition) is 6. The van der Waals surface area contributed by atoms with Crippen molar-refractivity contribution in [1.29, 1.82) is 21.0 Å². The van der Waals surface area contributed by atoms with Crippen LogP contribution in [0, 0.1) is 45.3 Å². The third kappa shape index (κ3) is 6.12. The Morgan fingerprint density at radius 1 is 0.344 bits per heavy atom. The molecule has 0 amide bonds. The highest BCUT2D eigenvalue weighted by Gasteiger charge is 2.20. The quantitative estimate of drug-likeness (QED) is 0.164. The van der Waals surface area contributed by atoms with E-state index in [9.17, 15) is 21.0 Å². The predicted octanol–water partition coefficient (Wildman–Crippen LogP) is 12.8. The maximum Gasteiger partial charge on any atom is 0.160 e. The second kappa shape index (κ2) is 15.1. The van der Waals surface area contributed by atoms with E-state index < -0.39 is 0 Å². The molecule has 0 aliphatic heterocycles. The van der Waals surface area contributed by atoms with E-state index in [-0.39, 0.29) is 0 Å². The zero-order valence-corrected chi connectivity index (χ0v) is 33.9. The summed E-state index contributed by atoms with van der Waals surface area (Å²) in [6.45, 7) is 0. The van der Waals surface area contributed by atoms with Gasteiger partial charge in [-0.05, 0) is 96.6 Å². The number of benzene rings is 8. The number of rotatable bonds is 6. The first-order chi connectivity index (χ1) is 31.5. The van der Waals surface area contributed by atoms with Gasteiger partial charge < -0.3 is 9.13 Å². The molecule has 0 bridgehead atoms. The van der Waals surface area contributed by atoms with E-state index in [0.717, 1.165) is 49.8 Å². The summed E-state index contributed by atoms with van der Waals surface area (Å²) < 4.78 is 4.60. The van der Waals surface area contributed by atoms with Gasteiger partial charge in [0.15, 0.2) is 5.82 Å². The lowest BCUT2D eigenvalue weighted by Crippen LogP contribution is -1.99. The van der Waals surface area contributed by atoms with E-state index >= 15 is 0 Å². The predicted molar refractivity (Wildman–Crippen MR) is 251 cm³/mol. The lowest BCUT2D eigenvalue weighted by Gasteiger charge is -2.14. The Kier molecular flexibility index (Phi) is 8.85. The highest BCUT2D eigenvalue weighted by molar-refractivity contribution is 6.12. The molecule has 8 heteroatoms. The highest BCUT2D eigenvalue weighted by atomic mass is 15.0. The van der Waals surface area contributed by atoms with Gasteiger partial charge in [-0.3, -0.25) is 0 Å². The summed E-state index contributed by atoms with van der Waals surface area (Å²) in [6, 6.07) is 68.6. The van der Waals surface area contributed by atoms with Crippen molar-refractivity contribution in [2.45, 2.75) is 0 Å². The Morgan fingerprint density at radius 3 is 1.47 bits per heavy atom. The molecule has 0 radical (unpaired) electrons. The van der Waals surface area contributed by atoms with Crippen LogP contribution in [0.15, 0.2) is 182 Å². The second-order valence-electron chi connectivity index (χ2n) is 15.5. The molecule has 0 N–H and O–H groups in total. The van der Waals surface area contributed by atoms with Gasteiger partial charge in [-0.2, -0.15) is 21.0 Å². The molecule has 0 saturated carbocycles. The van der Waals surface area contributed by atoms with Crippen molar-refractivity contribution in [1.82, 2.24) is 19.1 Å². The fraction of sp³-hybridized carbons (Fsp3) is 0. The smallest absolute Gasteiger partial charge is 0.160 e. The third-order valence-corrected chi connectivity index (χ3v) is 11.9. The summed E-state index contributed by atoms with van der Waals surface area (Å²) in [4.78, 5) is 9.73. The van der Waals surface area contributed by atoms with Crippen LogP contribution in [-0.4, -0.2) is 19.1 Å². The van der Waals surface area contributed by atoms with E-state index in [0.29, 0.717) is 61.7 Å². The van der Waals surface area contributed by atoms with Crippen molar-refractivity contribution in [2.75, 3.05) is 0 Å². The number of nitriles is 4. The Morgan fingerprint density at radius 2 is 0.844 bits per heavy atom. The number of hydrogen-bond donors (Lipinski definition) is 0. The minimum Gasteiger partial charge on any atom is -0.309 e. The van der Waals surface area contributed by atoms with Crippen molar-refractivity contribution in [3.8, 4) is 80.7 Å². The first kappa shape index (κ1) is 37.4. The van der Waals surface area contributed by atoms with Crippen LogP contribution in [0.4, 0.5) is 0 Å². The number of aromatic nitrogens is 4. The fourth-order valence-electron chi connectivity index (χ4n) is 8.94. The van der Waals surface area contributed by atoms with Crippen molar-refractivity contribution in [2.24, 2.45) is 0 Å². The van der Waals surface area contributed by atoms with E-state index in [1.54, 1.807) is 54.6 Å². The molecule has 0 saturated heterocycles. The van der Waals surface area contributed by atoms with Crippen molar-refractivity contribution >= 4 is 43.6 Å². The molecule has 0 atom stereocenters. The molecule has 8 nitrogen and oxygen atoms in total. The van der Waals surface area contributed by atoms with Gasteiger partial charge >= 0.3 is 0 Å². The molecular weight excluding hydrogens is 785 g/mol. The molecule has 0 spiro atoms. The monoisotopic (exact) mass is 814 g/mol. The molecule has 8 aromatic carbocycles. The topological polar surface area (TPSA) is 131 Å². The molecule has 0 unspecified atom stereocenters. The Hall–Kier alpha value is -9.60. The maximum absolute atomic E-state index is 10.6. The van der Waals surface area contributed by atoms with Crippen LogP contribution in [0.5, 0.6) is 0 Å². The van der Waals surface area contributed by atoms with Crippen LogP contribution in [-0.2, 0) is 0 Å². The summed E-state index contributed by atoms with van der Waals surface area (Å²) >= 11 is 0. The average molecular weight is 815 g/mol. The van der Waals surface area contributed by atoms with Crippen LogP contribution in [0.3, 0.4) is 0 Å². The van der Waals surface area contributed by atoms with Crippen molar-refractivity contribution in [3.05, 3.63) is 204 Å². The van der Waals surface area contributed by atoms with Crippen LogP contribution >= 0.6 is 0 Å². The van der Waals surface area contributed by atoms with Crippen LogP contribution < -0.4 is 0 Å². The molecule has 0 aliphatic carbocycles. The van der Waals surface area contributed by atoms with E-state index in [2.05, 4.69) is 137 Å². The third-order valence-electron chi connectivity index (χ3n) is 11.9. The van der Waals surface area contributed by atoms with Gasteiger partial charge in [0, 0.05) is 55.2 Å². The van der Waals surface area contributed by atoms with Gasteiger partial charge in [0.05, 0.1) is 80.0 Å². The average Bonchev–Trinajstić information content (AvgIpc) is 3.88. The molecule has 64 heavy (non-hydrogen) atoms. The molecule has 294 valence electrons. The number of para-hydroxylation sites is 3. The Labute approximate surface area is 367 Å². The van der Waals surface area contributed by atoms with Crippen molar-refractivity contribution < 1.29 is 0 Å². The summed E-state index contributed by atoms with van der Waals surface area (Å²) in [5, 5.41) is 45.2. The van der Waals surface area contributed by atoms with E-state index in [4.69, 9.17) is 9.97 Å². The lowest BCUT2D eigenvalue weighted by molar-refractivity contribution is 1.16. The molecule has 11 aromatic rings. The second-order valence-corrected chi connectivity index (χ2v) is 15.5. The van der Waals surface area contributed by atoms with Crippen LogP contribution in [0.1, 0.15) is 22.3 Å². The van der Waals surface area contributed by atoms with E-state index in [1.165, 1.54) is 10.8 Å². The van der Waals surface area contributed by atoms with Gasteiger partial charge in [0.1, 0.15) is 0 Å². The molecule has 0 aliphatic rings. The molecular formula is C56H30N8. The minimum absolute atomic E-state index is 0.326. The summed E-state index contributed by atoms with van der Waals surface area (Å²) in [6.07, 6.45) is 0. The zero-order valence-electron chi connectivity index (χ0n) is 33.9. The zero-order chi connectivity index (χ0) is 43.3. The van der Waals surface area contributed by atoms with Gasteiger partial charge in [-0.1, -0.05) is 91.0 Å². The molecule has 11 rings (SSSR count). The summed E-state index contributed by atoms with van der Waals surface area (Å²) in [7, 11) is 0. The Bertz CT molecular complexity index is 3770. The maximum atomic E-state index is 10.6. The summed E-state index contributed by atoms with van der Waals surface area (Å²) in [5.74, 6) is 0.335. The lowest BCUT2D eigenvalue weighted by atomic mass is 9.92. The standard InChI is InChI=1S/C56H30N8/c57-31-35-9-7-11-38(25-35)50-30-51(62-56(61-50)39-12-8-10-36(26-39)32-58)48-28-40(33-59)47(27-41(48)34-60)37-19-21-42(22-20-37)63-54-18-6-3-15-46(54)49-29-43(23-24-55(49)63)64-52-16-4-1-13-44(52)45-14-2-5-17-53(45)64/h1-30H. The largest absolute Gasteiger partial charge is 0.309 e.